The van der Waals surface area contributed by atoms with E-state index in [1.165, 1.54) is 0 Å². The lowest BCUT2D eigenvalue weighted by Crippen LogP contribution is -2.46. The fourth-order valence-corrected chi connectivity index (χ4v) is 4.22. The number of nitrogens with one attached hydrogen (secondary N) is 3. The van der Waals surface area contributed by atoms with Crippen molar-refractivity contribution in [1.29, 1.82) is 0 Å². The first-order valence-corrected chi connectivity index (χ1v) is 14.6. The van der Waals surface area contributed by atoms with Crippen LogP contribution in [0.2, 0.25) is 0 Å². The Morgan fingerprint density at radius 1 is 0.538 bits per heavy atom. The standard InChI is InChI=1S/C31H55N3O5/c1-18(2)23(11)24(32-22(9)10)13-16-28(36)34-26(31(39)21(7)8)14-17-29(37)33-25(30(38)20(5)6)12-15-27(35)19(3)4/h18-22,24-26,32H,11-17H2,1-10H3,(H,33,37)(H,34,36). The van der Waals surface area contributed by atoms with Crippen molar-refractivity contribution in [2.75, 3.05) is 0 Å². The maximum Gasteiger partial charge on any atom is 0.220 e. The van der Waals surface area contributed by atoms with E-state index in [1.807, 2.05) is 27.7 Å². The molecule has 0 saturated heterocycles. The molecule has 8 nitrogen and oxygen atoms in total. The lowest BCUT2D eigenvalue weighted by Gasteiger charge is -2.26. The Kier molecular flexibility index (Phi) is 17.0. The van der Waals surface area contributed by atoms with Crippen LogP contribution in [0.4, 0.5) is 0 Å². The third kappa shape index (κ3) is 14.6. The largest absolute Gasteiger partial charge is 0.346 e. The molecule has 39 heavy (non-hydrogen) atoms. The molecule has 2 amide bonds. The minimum absolute atomic E-state index is 0.0150. The predicted molar refractivity (Wildman–Crippen MR) is 157 cm³/mol. The van der Waals surface area contributed by atoms with Crippen LogP contribution in [0.3, 0.4) is 0 Å². The Bertz CT molecular complexity index is 845. The Morgan fingerprint density at radius 2 is 0.923 bits per heavy atom. The topological polar surface area (TPSA) is 121 Å². The molecule has 3 N–H and O–H groups in total. The summed E-state index contributed by atoms with van der Waals surface area (Å²) in [6, 6.07) is -1.33. The molecule has 8 heteroatoms. The highest BCUT2D eigenvalue weighted by molar-refractivity contribution is 5.92. The molecular formula is C31H55N3O5. The summed E-state index contributed by atoms with van der Waals surface area (Å²) in [4.78, 5) is 63.3. The normalized spacial score (nSPS) is 14.0. The van der Waals surface area contributed by atoms with E-state index in [0.29, 0.717) is 6.42 Å². The number of ketones is 3. The molecule has 0 fully saturated rings. The van der Waals surface area contributed by atoms with Crippen molar-refractivity contribution in [3.63, 3.8) is 0 Å². The molecule has 0 spiro atoms. The second-order valence-corrected chi connectivity index (χ2v) is 12.2. The summed E-state index contributed by atoms with van der Waals surface area (Å²) in [5.74, 6) is -1.33. The number of hydrogen-bond acceptors (Lipinski definition) is 6. The molecule has 0 aromatic heterocycles. The van der Waals surface area contributed by atoms with Crippen LogP contribution in [-0.2, 0) is 24.0 Å². The molecule has 0 aromatic rings. The van der Waals surface area contributed by atoms with Gasteiger partial charge in [0.2, 0.25) is 11.8 Å². The van der Waals surface area contributed by atoms with Crippen molar-refractivity contribution in [2.45, 2.75) is 132 Å². The van der Waals surface area contributed by atoms with Crippen LogP contribution in [0.5, 0.6) is 0 Å². The average molecular weight is 550 g/mol. The Hall–Kier alpha value is -2.35. The van der Waals surface area contributed by atoms with E-state index < -0.39 is 12.1 Å². The molecule has 0 radical (unpaired) electrons. The molecule has 0 rings (SSSR count). The van der Waals surface area contributed by atoms with Crippen LogP contribution in [0.1, 0.15) is 108 Å². The van der Waals surface area contributed by atoms with E-state index in [4.69, 9.17) is 0 Å². The molecule has 3 atom stereocenters. The summed E-state index contributed by atoms with van der Waals surface area (Å²) in [6.07, 6.45) is 1.34. The van der Waals surface area contributed by atoms with Gasteiger partial charge in [0.05, 0.1) is 12.1 Å². The Balaban J connectivity index is 5.28. The molecular weight excluding hydrogens is 494 g/mol. The Labute approximate surface area is 236 Å². The first kappa shape index (κ1) is 36.6. The number of amides is 2. The number of carbonyl (C=O) groups is 5. The first-order chi connectivity index (χ1) is 18.0. The summed E-state index contributed by atoms with van der Waals surface area (Å²) < 4.78 is 0. The molecule has 0 bridgehead atoms. The highest BCUT2D eigenvalue weighted by Gasteiger charge is 2.27. The summed E-state index contributed by atoms with van der Waals surface area (Å²) in [5, 5.41) is 9.07. The van der Waals surface area contributed by atoms with Crippen LogP contribution in [0, 0.1) is 23.7 Å². The zero-order valence-corrected chi connectivity index (χ0v) is 26.1. The van der Waals surface area contributed by atoms with Crippen molar-refractivity contribution >= 4 is 29.2 Å². The van der Waals surface area contributed by atoms with Gasteiger partial charge in [0.15, 0.2) is 11.6 Å². The van der Waals surface area contributed by atoms with Gasteiger partial charge >= 0.3 is 0 Å². The third-order valence-corrected chi connectivity index (χ3v) is 6.86. The quantitative estimate of drug-likeness (QED) is 0.192. The summed E-state index contributed by atoms with van der Waals surface area (Å²) in [5.41, 5.74) is 1.03. The summed E-state index contributed by atoms with van der Waals surface area (Å²) in [6.45, 7) is 23.1. The minimum atomic E-state index is -0.796. The Morgan fingerprint density at radius 3 is 1.26 bits per heavy atom. The van der Waals surface area contributed by atoms with Gasteiger partial charge < -0.3 is 16.0 Å². The summed E-state index contributed by atoms with van der Waals surface area (Å²) in [7, 11) is 0. The van der Waals surface area contributed by atoms with Crippen molar-refractivity contribution in [1.82, 2.24) is 16.0 Å². The van der Waals surface area contributed by atoms with Crippen LogP contribution >= 0.6 is 0 Å². The maximum absolute atomic E-state index is 12.9. The molecule has 0 aliphatic heterocycles. The van der Waals surface area contributed by atoms with Gasteiger partial charge in [0.1, 0.15) is 5.78 Å². The summed E-state index contributed by atoms with van der Waals surface area (Å²) >= 11 is 0. The van der Waals surface area contributed by atoms with Crippen LogP contribution in [0.25, 0.3) is 0 Å². The SMILES string of the molecule is C=C(C(C)C)C(CCC(=O)NC(CCC(=O)NC(CCC(=O)C(C)C)C(=O)C(C)C)C(=O)C(C)C)NC(C)C. The van der Waals surface area contributed by atoms with Crippen molar-refractivity contribution < 1.29 is 24.0 Å². The third-order valence-electron chi connectivity index (χ3n) is 6.86. The first-order valence-electron chi connectivity index (χ1n) is 14.6. The van der Waals surface area contributed by atoms with E-state index in [0.717, 1.165) is 5.57 Å². The van der Waals surface area contributed by atoms with Gasteiger partial charge in [0.25, 0.3) is 0 Å². The molecule has 0 aliphatic rings. The number of hydrogen-bond donors (Lipinski definition) is 3. The number of carbonyl (C=O) groups excluding carboxylic acids is 5. The number of Topliss-reactive ketones (excluding diaryl/α,β-unsaturated/α-hetero) is 3. The van der Waals surface area contributed by atoms with Gasteiger partial charge in [-0.3, -0.25) is 24.0 Å². The van der Waals surface area contributed by atoms with Gasteiger partial charge in [-0.25, -0.2) is 0 Å². The molecule has 0 aliphatic carbocycles. The van der Waals surface area contributed by atoms with E-state index in [9.17, 15) is 24.0 Å². The second-order valence-electron chi connectivity index (χ2n) is 12.2. The lowest BCUT2D eigenvalue weighted by molar-refractivity contribution is -0.131. The molecule has 0 aromatic carbocycles. The van der Waals surface area contributed by atoms with Gasteiger partial charge in [0, 0.05) is 49.1 Å². The zero-order chi connectivity index (χ0) is 30.4. The van der Waals surface area contributed by atoms with Crippen LogP contribution < -0.4 is 16.0 Å². The van der Waals surface area contributed by atoms with Crippen LogP contribution in [0.15, 0.2) is 12.2 Å². The maximum atomic E-state index is 12.9. The predicted octanol–water partition coefficient (Wildman–Crippen LogP) is 4.55. The van der Waals surface area contributed by atoms with E-state index >= 15 is 0 Å². The van der Waals surface area contributed by atoms with Gasteiger partial charge in [-0.05, 0) is 25.2 Å². The van der Waals surface area contributed by atoms with Gasteiger partial charge in [-0.15, -0.1) is 0 Å². The highest BCUT2D eigenvalue weighted by Crippen LogP contribution is 2.17. The number of rotatable bonds is 20. The van der Waals surface area contributed by atoms with Crippen molar-refractivity contribution in [3.8, 4) is 0 Å². The fourth-order valence-electron chi connectivity index (χ4n) is 4.22. The van der Waals surface area contributed by atoms with Crippen molar-refractivity contribution in [3.05, 3.63) is 12.2 Å². The van der Waals surface area contributed by atoms with E-state index in [2.05, 4.69) is 36.4 Å². The van der Waals surface area contributed by atoms with Gasteiger partial charge in [-0.1, -0.05) is 81.4 Å². The van der Waals surface area contributed by atoms with Gasteiger partial charge in [-0.2, -0.15) is 0 Å². The average Bonchev–Trinajstić information content (AvgIpc) is 2.84. The highest BCUT2D eigenvalue weighted by atomic mass is 16.2. The fraction of sp³-hybridized carbons (Fsp3) is 0.774. The smallest absolute Gasteiger partial charge is 0.220 e. The molecule has 0 heterocycles. The molecule has 0 saturated carbocycles. The molecule has 3 unspecified atom stereocenters. The zero-order valence-electron chi connectivity index (χ0n) is 26.1. The van der Waals surface area contributed by atoms with Crippen LogP contribution in [-0.4, -0.2) is 53.3 Å². The van der Waals surface area contributed by atoms with E-state index in [-0.39, 0.29) is 97.0 Å². The lowest BCUT2D eigenvalue weighted by atomic mass is 9.93. The second kappa shape index (κ2) is 18.1. The molecule has 224 valence electrons. The van der Waals surface area contributed by atoms with Crippen molar-refractivity contribution in [2.24, 2.45) is 23.7 Å². The monoisotopic (exact) mass is 549 g/mol. The minimum Gasteiger partial charge on any atom is -0.346 e. The van der Waals surface area contributed by atoms with E-state index in [1.54, 1.807) is 27.7 Å².